The van der Waals surface area contributed by atoms with Crippen LogP contribution in [-0.4, -0.2) is 49.3 Å². The van der Waals surface area contributed by atoms with Gasteiger partial charge in [0.15, 0.2) is 0 Å². The van der Waals surface area contributed by atoms with Gasteiger partial charge in [-0.25, -0.2) is 4.79 Å². The smallest absolute Gasteiger partial charge is 0.317 e. The Balaban J connectivity index is 1.39. The van der Waals surface area contributed by atoms with Gasteiger partial charge in [0, 0.05) is 41.5 Å². The normalized spacial score (nSPS) is 16.5. The quantitative estimate of drug-likeness (QED) is 0.558. The first-order valence-electron chi connectivity index (χ1n) is 10.4. The van der Waals surface area contributed by atoms with Crippen molar-refractivity contribution in [2.45, 2.75) is 39.3 Å². The van der Waals surface area contributed by atoms with E-state index in [1.807, 2.05) is 17.0 Å². The Morgan fingerprint density at radius 2 is 2.10 bits per heavy atom. The maximum absolute atomic E-state index is 12.5. The molecule has 3 N–H and O–H groups in total. The lowest BCUT2D eigenvalue weighted by molar-refractivity contribution is -0.0143. The van der Waals surface area contributed by atoms with Crippen molar-refractivity contribution >= 4 is 28.5 Å². The van der Waals surface area contributed by atoms with Crippen LogP contribution >= 0.6 is 11.6 Å². The lowest BCUT2D eigenvalue weighted by Gasteiger charge is -2.43. The molecule has 9 heteroatoms. The van der Waals surface area contributed by atoms with Gasteiger partial charge in [0.2, 0.25) is 0 Å². The highest BCUT2D eigenvalue weighted by molar-refractivity contribution is 6.31. The number of aromatic amines is 1. The molecule has 8 nitrogen and oxygen atoms in total. The molecular formula is C22H27ClN6O2. The van der Waals surface area contributed by atoms with Crippen LogP contribution in [0, 0.1) is 11.3 Å². The summed E-state index contributed by atoms with van der Waals surface area (Å²) in [5.74, 6) is 0.253. The van der Waals surface area contributed by atoms with E-state index in [0.717, 1.165) is 35.0 Å². The Labute approximate surface area is 186 Å². The molecule has 4 rings (SSSR count). The van der Waals surface area contributed by atoms with Crippen molar-refractivity contribution in [2.24, 2.45) is 11.3 Å². The van der Waals surface area contributed by atoms with Gasteiger partial charge in [-0.2, -0.15) is 5.10 Å². The number of hydrogen-bond donors (Lipinski definition) is 3. The Bertz CT molecular complexity index is 1050. The van der Waals surface area contributed by atoms with E-state index >= 15 is 0 Å². The fourth-order valence-electron chi connectivity index (χ4n) is 4.41. The molecule has 2 amide bonds. The SMILES string of the molecule is CC(C)(C1CCN(C(=O)NCc2cnccn2)CC1)[C@H](O)c1cc(Cl)cc2cn[nH]c12. The van der Waals surface area contributed by atoms with Crippen LogP contribution in [-0.2, 0) is 6.54 Å². The van der Waals surface area contributed by atoms with Gasteiger partial charge in [-0.05, 0) is 36.3 Å². The largest absolute Gasteiger partial charge is 0.388 e. The minimum absolute atomic E-state index is 0.100. The number of hydrogen-bond acceptors (Lipinski definition) is 5. The Hall–Kier alpha value is -2.71. The van der Waals surface area contributed by atoms with Crippen molar-refractivity contribution < 1.29 is 9.90 Å². The summed E-state index contributed by atoms with van der Waals surface area (Å²) < 4.78 is 0. The lowest BCUT2D eigenvalue weighted by Crippen LogP contribution is -2.47. The van der Waals surface area contributed by atoms with Gasteiger partial charge in [-0.3, -0.25) is 15.1 Å². The van der Waals surface area contributed by atoms with Gasteiger partial charge in [-0.1, -0.05) is 25.4 Å². The van der Waals surface area contributed by atoms with Gasteiger partial charge in [-0.15, -0.1) is 0 Å². The molecular weight excluding hydrogens is 416 g/mol. The number of halogens is 1. The molecule has 3 aromatic rings. The molecule has 3 heterocycles. The van der Waals surface area contributed by atoms with Crippen LogP contribution in [0.4, 0.5) is 4.79 Å². The Morgan fingerprint density at radius 3 is 2.81 bits per heavy atom. The van der Waals surface area contributed by atoms with Crippen LogP contribution in [0.2, 0.25) is 5.02 Å². The highest BCUT2D eigenvalue weighted by Crippen LogP contribution is 2.46. The molecule has 0 bridgehead atoms. The van der Waals surface area contributed by atoms with Crippen LogP contribution in [0.25, 0.3) is 10.9 Å². The number of aromatic nitrogens is 4. The summed E-state index contributed by atoms with van der Waals surface area (Å²) >= 11 is 6.28. The molecule has 2 aromatic heterocycles. The molecule has 0 spiro atoms. The molecule has 0 radical (unpaired) electrons. The summed E-state index contributed by atoms with van der Waals surface area (Å²) in [6.07, 6.45) is 7.48. The first kappa shape index (κ1) is 21.5. The number of aliphatic hydroxyl groups excluding tert-OH is 1. The summed E-state index contributed by atoms with van der Waals surface area (Å²) in [5, 5.41) is 22.8. The second-order valence-electron chi connectivity index (χ2n) is 8.67. The molecule has 1 aliphatic heterocycles. The third-order valence-electron chi connectivity index (χ3n) is 6.42. The van der Waals surface area contributed by atoms with Crippen molar-refractivity contribution in [3.63, 3.8) is 0 Å². The number of nitrogens with one attached hydrogen (secondary N) is 2. The number of fused-ring (bicyclic) bond motifs is 1. The van der Waals surface area contributed by atoms with Gasteiger partial charge >= 0.3 is 6.03 Å². The monoisotopic (exact) mass is 442 g/mol. The van der Waals surface area contributed by atoms with E-state index in [2.05, 4.69) is 39.3 Å². The second kappa shape index (κ2) is 8.80. The van der Waals surface area contributed by atoms with Crippen molar-refractivity contribution in [1.82, 2.24) is 30.4 Å². The van der Waals surface area contributed by atoms with E-state index in [4.69, 9.17) is 11.6 Å². The Morgan fingerprint density at radius 1 is 1.32 bits per heavy atom. The van der Waals surface area contributed by atoms with Crippen LogP contribution in [0.5, 0.6) is 0 Å². The highest BCUT2D eigenvalue weighted by atomic mass is 35.5. The number of benzene rings is 1. The van der Waals surface area contributed by atoms with E-state index in [1.165, 1.54) is 0 Å². The number of urea groups is 1. The maximum atomic E-state index is 12.5. The van der Waals surface area contributed by atoms with Crippen molar-refractivity contribution in [2.75, 3.05) is 13.1 Å². The molecule has 164 valence electrons. The van der Waals surface area contributed by atoms with Gasteiger partial charge < -0.3 is 15.3 Å². The van der Waals surface area contributed by atoms with Crippen molar-refractivity contribution in [1.29, 1.82) is 0 Å². The zero-order valence-electron chi connectivity index (χ0n) is 17.7. The first-order valence-corrected chi connectivity index (χ1v) is 10.8. The molecule has 1 saturated heterocycles. The standard InChI is InChI=1S/C22H27ClN6O2/c1-22(2,20(30)18-10-16(23)9-14-11-27-28-19(14)18)15-3-7-29(8-4-15)21(31)26-13-17-12-24-5-6-25-17/h5-6,9-12,15,20,30H,3-4,7-8,13H2,1-2H3,(H,26,31)(H,27,28)/t20-/m1/s1. The lowest BCUT2D eigenvalue weighted by atomic mass is 9.68. The van der Waals surface area contributed by atoms with E-state index in [0.29, 0.717) is 24.7 Å². The molecule has 0 unspecified atom stereocenters. The Kier molecular flexibility index (Phi) is 6.11. The van der Waals surface area contributed by atoms with Crippen LogP contribution in [0.3, 0.4) is 0 Å². The molecule has 1 fully saturated rings. The van der Waals surface area contributed by atoms with Crippen molar-refractivity contribution in [3.8, 4) is 0 Å². The van der Waals surface area contributed by atoms with E-state index in [-0.39, 0.29) is 11.9 Å². The molecule has 0 aliphatic carbocycles. The predicted molar refractivity (Wildman–Crippen MR) is 118 cm³/mol. The summed E-state index contributed by atoms with van der Waals surface area (Å²) in [5.41, 5.74) is 1.90. The third kappa shape index (κ3) is 4.50. The highest BCUT2D eigenvalue weighted by Gasteiger charge is 2.40. The maximum Gasteiger partial charge on any atom is 0.317 e. The summed E-state index contributed by atoms with van der Waals surface area (Å²) in [4.78, 5) is 22.5. The number of amides is 2. The van der Waals surface area contributed by atoms with Crippen LogP contribution in [0.1, 0.15) is 44.1 Å². The van der Waals surface area contributed by atoms with E-state index < -0.39 is 11.5 Å². The number of carbonyl (C=O) groups excluding carboxylic acids is 1. The number of rotatable bonds is 5. The molecule has 0 saturated carbocycles. The zero-order chi connectivity index (χ0) is 22.0. The fourth-order valence-corrected chi connectivity index (χ4v) is 4.65. The van der Waals surface area contributed by atoms with Gasteiger partial charge in [0.1, 0.15) is 0 Å². The molecule has 31 heavy (non-hydrogen) atoms. The molecule has 1 atom stereocenters. The number of aliphatic hydroxyl groups is 1. The third-order valence-corrected chi connectivity index (χ3v) is 6.63. The van der Waals surface area contributed by atoms with Crippen LogP contribution < -0.4 is 5.32 Å². The number of H-pyrrole nitrogens is 1. The second-order valence-corrected chi connectivity index (χ2v) is 9.11. The molecule has 1 aromatic carbocycles. The minimum Gasteiger partial charge on any atom is -0.388 e. The predicted octanol–water partition coefficient (Wildman–Crippen LogP) is 3.69. The summed E-state index contributed by atoms with van der Waals surface area (Å²) in [6, 6.07) is 3.54. The number of likely N-dealkylation sites (tertiary alicyclic amines) is 1. The number of piperidine rings is 1. The number of nitrogens with zero attached hydrogens (tertiary/aromatic N) is 4. The minimum atomic E-state index is -0.712. The average molecular weight is 443 g/mol. The zero-order valence-corrected chi connectivity index (χ0v) is 18.4. The average Bonchev–Trinajstić information content (AvgIpc) is 3.25. The number of carbonyl (C=O) groups is 1. The van der Waals surface area contributed by atoms with Gasteiger partial charge in [0.05, 0.1) is 36.3 Å². The van der Waals surface area contributed by atoms with Crippen LogP contribution in [0.15, 0.2) is 36.9 Å². The fraction of sp³-hybridized carbons (Fsp3) is 0.455. The first-order chi connectivity index (χ1) is 14.9. The summed E-state index contributed by atoms with van der Waals surface area (Å²) in [6.45, 7) is 5.79. The van der Waals surface area contributed by atoms with Crippen molar-refractivity contribution in [3.05, 3.63) is 53.2 Å². The summed E-state index contributed by atoms with van der Waals surface area (Å²) in [7, 11) is 0. The van der Waals surface area contributed by atoms with E-state index in [9.17, 15) is 9.90 Å². The topological polar surface area (TPSA) is 107 Å². The van der Waals surface area contributed by atoms with E-state index in [1.54, 1.807) is 24.8 Å². The van der Waals surface area contributed by atoms with Gasteiger partial charge in [0.25, 0.3) is 0 Å². The molecule has 1 aliphatic rings.